The van der Waals surface area contributed by atoms with E-state index in [1.54, 1.807) is 0 Å². The molecule has 1 aromatic rings. The standard InChI is InChI=1S/C14H25N5O/c1-6-11-16-12(18-15)10(3)13(17-11)19-7-9(2)20-14(4,5)8-19/h9H,6-8,15H2,1-5H3,(H,16,17,18). The van der Waals surface area contributed by atoms with Gasteiger partial charge in [-0.15, -0.1) is 0 Å². The molecule has 112 valence electrons. The van der Waals surface area contributed by atoms with Crippen LogP contribution in [-0.4, -0.2) is 34.8 Å². The molecule has 0 aliphatic carbocycles. The Balaban J connectivity index is 2.40. The molecule has 0 bridgehead atoms. The molecule has 2 heterocycles. The Morgan fingerprint density at radius 1 is 1.45 bits per heavy atom. The molecule has 1 saturated heterocycles. The summed E-state index contributed by atoms with van der Waals surface area (Å²) in [4.78, 5) is 11.4. The Labute approximate surface area is 120 Å². The van der Waals surface area contributed by atoms with E-state index in [1.165, 1.54) is 0 Å². The first-order valence-electron chi connectivity index (χ1n) is 7.13. The van der Waals surface area contributed by atoms with Crippen molar-refractivity contribution in [2.24, 2.45) is 5.84 Å². The van der Waals surface area contributed by atoms with Crippen molar-refractivity contribution < 1.29 is 4.74 Å². The molecular formula is C14H25N5O. The smallest absolute Gasteiger partial charge is 0.148 e. The third-order valence-electron chi connectivity index (χ3n) is 3.49. The second-order valence-electron chi connectivity index (χ2n) is 6.00. The first-order valence-corrected chi connectivity index (χ1v) is 7.13. The fourth-order valence-corrected chi connectivity index (χ4v) is 2.77. The third-order valence-corrected chi connectivity index (χ3v) is 3.49. The van der Waals surface area contributed by atoms with Gasteiger partial charge in [-0.05, 0) is 27.7 Å². The van der Waals surface area contributed by atoms with E-state index in [-0.39, 0.29) is 11.7 Å². The maximum atomic E-state index is 5.95. The predicted octanol–water partition coefficient (Wildman–Crippen LogP) is 1.64. The molecule has 1 fully saturated rings. The summed E-state index contributed by atoms with van der Waals surface area (Å²) in [6.45, 7) is 12.0. The Morgan fingerprint density at radius 3 is 2.70 bits per heavy atom. The molecule has 6 nitrogen and oxygen atoms in total. The van der Waals surface area contributed by atoms with Gasteiger partial charge in [0, 0.05) is 25.1 Å². The summed E-state index contributed by atoms with van der Waals surface area (Å²) < 4.78 is 5.95. The molecular weight excluding hydrogens is 254 g/mol. The number of nitrogens with zero attached hydrogens (tertiary/aromatic N) is 3. The Hall–Kier alpha value is -1.40. The van der Waals surface area contributed by atoms with Gasteiger partial charge in [0.15, 0.2) is 0 Å². The topological polar surface area (TPSA) is 76.3 Å². The van der Waals surface area contributed by atoms with Crippen LogP contribution >= 0.6 is 0 Å². The number of hydrazine groups is 1. The van der Waals surface area contributed by atoms with Crippen molar-refractivity contribution in [2.75, 3.05) is 23.4 Å². The van der Waals surface area contributed by atoms with Crippen LogP contribution in [0, 0.1) is 6.92 Å². The molecule has 3 N–H and O–H groups in total. The van der Waals surface area contributed by atoms with Crippen LogP contribution in [0.1, 0.15) is 39.1 Å². The van der Waals surface area contributed by atoms with Gasteiger partial charge in [0.25, 0.3) is 0 Å². The summed E-state index contributed by atoms with van der Waals surface area (Å²) in [5.74, 6) is 8.02. The quantitative estimate of drug-likeness (QED) is 0.647. The second kappa shape index (κ2) is 5.54. The molecule has 1 unspecified atom stereocenters. The van der Waals surface area contributed by atoms with Crippen molar-refractivity contribution in [1.29, 1.82) is 0 Å². The SMILES string of the molecule is CCc1nc(NN)c(C)c(N2CC(C)OC(C)(C)C2)n1. The number of morpholine rings is 1. The van der Waals surface area contributed by atoms with Gasteiger partial charge >= 0.3 is 0 Å². The monoisotopic (exact) mass is 279 g/mol. The van der Waals surface area contributed by atoms with Gasteiger partial charge in [-0.1, -0.05) is 6.92 Å². The van der Waals surface area contributed by atoms with Crippen LogP contribution in [-0.2, 0) is 11.2 Å². The highest BCUT2D eigenvalue weighted by atomic mass is 16.5. The fraction of sp³-hybridized carbons (Fsp3) is 0.714. The molecule has 1 aliphatic rings. The Kier molecular flexibility index (Phi) is 4.15. The van der Waals surface area contributed by atoms with E-state index >= 15 is 0 Å². The highest BCUT2D eigenvalue weighted by molar-refractivity contribution is 5.58. The Morgan fingerprint density at radius 2 is 2.15 bits per heavy atom. The zero-order valence-corrected chi connectivity index (χ0v) is 13.0. The number of anilines is 2. The van der Waals surface area contributed by atoms with E-state index in [0.717, 1.165) is 36.7 Å². The molecule has 0 saturated carbocycles. The van der Waals surface area contributed by atoms with Crippen molar-refractivity contribution in [1.82, 2.24) is 9.97 Å². The highest BCUT2D eigenvalue weighted by Gasteiger charge is 2.33. The van der Waals surface area contributed by atoms with Crippen molar-refractivity contribution in [2.45, 2.75) is 52.7 Å². The Bertz CT molecular complexity index is 489. The summed E-state index contributed by atoms with van der Waals surface area (Å²) >= 11 is 0. The minimum absolute atomic E-state index is 0.174. The zero-order valence-electron chi connectivity index (χ0n) is 13.0. The summed E-state index contributed by atoms with van der Waals surface area (Å²) in [6, 6.07) is 0. The van der Waals surface area contributed by atoms with Crippen LogP contribution in [0.3, 0.4) is 0 Å². The van der Waals surface area contributed by atoms with Gasteiger partial charge in [0.05, 0.1) is 11.7 Å². The van der Waals surface area contributed by atoms with Crippen LogP contribution in [0.15, 0.2) is 0 Å². The molecule has 1 atom stereocenters. The van der Waals surface area contributed by atoms with Gasteiger partial charge in [-0.3, -0.25) is 0 Å². The fourth-order valence-electron chi connectivity index (χ4n) is 2.77. The lowest BCUT2D eigenvalue weighted by Gasteiger charge is -2.42. The normalized spacial score (nSPS) is 21.9. The molecule has 1 aliphatic heterocycles. The molecule has 1 aromatic heterocycles. The van der Waals surface area contributed by atoms with Crippen LogP contribution < -0.4 is 16.2 Å². The summed E-state index contributed by atoms with van der Waals surface area (Å²) in [6.07, 6.45) is 0.957. The van der Waals surface area contributed by atoms with Gasteiger partial charge in [0.2, 0.25) is 0 Å². The van der Waals surface area contributed by atoms with Crippen LogP contribution in [0.2, 0.25) is 0 Å². The maximum absolute atomic E-state index is 5.95. The summed E-state index contributed by atoms with van der Waals surface area (Å²) in [7, 11) is 0. The largest absolute Gasteiger partial charge is 0.369 e. The second-order valence-corrected chi connectivity index (χ2v) is 6.00. The average molecular weight is 279 g/mol. The van der Waals surface area contributed by atoms with E-state index in [1.807, 2.05) is 13.8 Å². The number of aryl methyl sites for hydroxylation is 1. The van der Waals surface area contributed by atoms with Crippen LogP contribution in [0.4, 0.5) is 11.6 Å². The van der Waals surface area contributed by atoms with Crippen molar-refractivity contribution in [3.8, 4) is 0 Å². The van der Waals surface area contributed by atoms with Crippen molar-refractivity contribution in [3.63, 3.8) is 0 Å². The number of hydrogen-bond donors (Lipinski definition) is 2. The maximum Gasteiger partial charge on any atom is 0.148 e. The zero-order chi connectivity index (χ0) is 14.9. The minimum atomic E-state index is -0.183. The lowest BCUT2D eigenvalue weighted by molar-refractivity contribution is -0.0752. The summed E-state index contributed by atoms with van der Waals surface area (Å²) in [5.41, 5.74) is 3.47. The van der Waals surface area contributed by atoms with E-state index in [9.17, 15) is 0 Å². The number of nitrogens with one attached hydrogen (secondary N) is 1. The van der Waals surface area contributed by atoms with Gasteiger partial charge in [0.1, 0.15) is 17.5 Å². The molecule has 2 rings (SSSR count). The first-order chi connectivity index (χ1) is 9.36. The van der Waals surface area contributed by atoms with Gasteiger partial charge in [-0.2, -0.15) is 0 Å². The molecule has 0 aromatic carbocycles. The number of aromatic nitrogens is 2. The number of nitrogens with two attached hydrogens (primary N) is 1. The molecule has 20 heavy (non-hydrogen) atoms. The van der Waals surface area contributed by atoms with E-state index < -0.39 is 0 Å². The van der Waals surface area contributed by atoms with E-state index in [4.69, 9.17) is 10.6 Å². The van der Waals surface area contributed by atoms with Crippen LogP contribution in [0.25, 0.3) is 0 Å². The van der Waals surface area contributed by atoms with E-state index in [2.05, 4.69) is 41.1 Å². The number of nitrogen functional groups attached to an aromatic ring is 1. The van der Waals surface area contributed by atoms with Gasteiger partial charge < -0.3 is 15.1 Å². The highest BCUT2D eigenvalue weighted by Crippen LogP contribution is 2.29. The molecule has 0 amide bonds. The number of hydrogen-bond acceptors (Lipinski definition) is 6. The van der Waals surface area contributed by atoms with Crippen molar-refractivity contribution >= 4 is 11.6 Å². The minimum Gasteiger partial charge on any atom is -0.369 e. The first kappa shape index (κ1) is 15.0. The number of ether oxygens (including phenoxy) is 1. The lowest BCUT2D eigenvalue weighted by atomic mass is 10.0. The van der Waals surface area contributed by atoms with Gasteiger partial charge in [-0.25, -0.2) is 15.8 Å². The lowest BCUT2D eigenvalue weighted by Crippen LogP contribution is -2.52. The molecule has 0 radical (unpaired) electrons. The third kappa shape index (κ3) is 3.02. The van der Waals surface area contributed by atoms with E-state index in [0.29, 0.717) is 5.82 Å². The predicted molar refractivity (Wildman–Crippen MR) is 80.8 cm³/mol. The van der Waals surface area contributed by atoms with Crippen molar-refractivity contribution in [3.05, 3.63) is 11.4 Å². The molecule has 6 heteroatoms. The average Bonchev–Trinajstić information content (AvgIpc) is 2.36. The molecule has 0 spiro atoms. The summed E-state index contributed by atoms with van der Waals surface area (Å²) in [5, 5.41) is 0. The number of rotatable bonds is 3. The van der Waals surface area contributed by atoms with Crippen LogP contribution in [0.5, 0.6) is 0 Å².